The Hall–Kier alpha value is -4.12. The molecule has 9 nitrogen and oxygen atoms in total. The largest absolute Gasteiger partial charge is 0.493 e. The van der Waals surface area contributed by atoms with Gasteiger partial charge in [-0.25, -0.2) is 12.8 Å². The highest BCUT2D eigenvalue weighted by atomic mass is 32.2. The van der Waals surface area contributed by atoms with Crippen molar-refractivity contribution in [2.45, 2.75) is 30.8 Å². The molecule has 0 radical (unpaired) electrons. The van der Waals surface area contributed by atoms with Crippen LogP contribution in [0.1, 0.15) is 18.9 Å². The minimum absolute atomic E-state index is 0.0237. The van der Waals surface area contributed by atoms with E-state index in [9.17, 15) is 22.4 Å². The highest BCUT2D eigenvalue weighted by Crippen LogP contribution is 2.32. The number of sulfonamides is 1. The molecule has 11 heteroatoms. The summed E-state index contributed by atoms with van der Waals surface area (Å²) in [5.41, 5.74) is 0.844. The number of nitrogens with zero attached hydrogens (tertiary/aromatic N) is 2. The topological polar surface area (TPSA) is 105 Å². The maximum absolute atomic E-state index is 13.9. The van der Waals surface area contributed by atoms with Crippen LogP contribution in [0.4, 0.5) is 10.1 Å². The number of rotatable bonds is 12. The van der Waals surface area contributed by atoms with Gasteiger partial charge in [-0.05, 0) is 48.4 Å². The Labute approximate surface area is 228 Å². The van der Waals surface area contributed by atoms with E-state index in [0.717, 1.165) is 4.31 Å². The van der Waals surface area contributed by atoms with Crippen LogP contribution in [0.15, 0.2) is 77.7 Å². The molecule has 0 spiro atoms. The minimum Gasteiger partial charge on any atom is -0.493 e. The van der Waals surface area contributed by atoms with Gasteiger partial charge in [-0.1, -0.05) is 37.3 Å². The molecule has 1 atom stereocenters. The van der Waals surface area contributed by atoms with Crippen LogP contribution in [0.25, 0.3) is 0 Å². The van der Waals surface area contributed by atoms with Crippen molar-refractivity contribution in [2.75, 3.05) is 32.1 Å². The second-order valence-corrected chi connectivity index (χ2v) is 10.4. The Kier molecular flexibility index (Phi) is 9.89. The molecule has 0 aliphatic carbocycles. The molecule has 39 heavy (non-hydrogen) atoms. The lowest BCUT2D eigenvalue weighted by Gasteiger charge is -2.33. The summed E-state index contributed by atoms with van der Waals surface area (Å²) in [4.78, 5) is 27.8. The fourth-order valence-electron chi connectivity index (χ4n) is 4.10. The molecule has 0 aliphatic rings. The molecule has 208 valence electrons. The maximum Gasteiger partial charge on any atom is 0.264 e. The van der Waals surface area contributed by atoms with E-state index in [-0.39, 0.29) is 29.3 Å². The van der Waals surface area contributed by atoms with Crippen molar-refractivity contribution in [3.8, 4) is 11.5 Å². The van der Waals surface area contributed by atoms with Crippen LogP contribution in [0.5, 0.6) is 11.5 Å². The molecular formula is C28H32FN3O6S. The number of hydrogen-bond donors (Lipinski definition) is 1. The predicted molar refractivity (Wildman–Crippen MR) is 146 cm³/mol. The van der Waals surface area contributed by atoms with Crippen molar-refractivity contribution in [3.05, 3.63) is 84.2 Å². The monoisotopic (exact) mass is 557 g/mol. The lowest BCUT2D eigenvalue weighted by Crippen LogP contribution is -2.51. The molecule has 3 rings (SSSR count). The van der Waals surface area contributed by atoms with Gasteiger partial charge in [0.15, 0.2) is 11.5 Å². The van der Waals surface area contributed by atoms with Crippen molar-refractivity contribution < 1.29 is 31.9 Å². The second-order valence-electron chi connectivity index (χ2n) is 8.55. The molecular weight excluding hydrogens is 525 g/mol. The Balaban J connectivity index is 2.06. The smallest absolute Gasteiger partial charge is 0.264 e. The van der Waals surface area contributed by atoms with Gasteiger partial charge in [-0.3, -0.25) is 13.9 Å². The average Bonchev–Trinajstić information content (AvgIpc) is 2.96. The van der Waals surface area contributed by atoms with Crippen molar-refractivity contribution in [3.63, 3.8) is 0 Å². The number of para-hydroxylation sites is 1. The zero-order valence-electron chi connectivity index (χ0n) is 22.3. The van der Waals surface area contributed by atoms with Gasteiger partial charge in [0, 0.05) is 19.7 Å². The van der Waals surface area contributed by atoms with Crippen LogP contribution in [0.2, 0.25) is 0 Å². The molecule has 0 unspecified atom stereocenters. The number of methoxy groups -OCH3 is 2. The van der Waals surface area contributed by atoms with Gasteiger partial charge in [0.2, 0.25) is 11.8 Å². The molecule has 3 aromatic carbocycles. The van der Waals surface area contributed by atoms with E-state index in [1.165, 1.54) is 68.6 Å². The summed E-state index contributed by atoms with van der Waals surface area (Å²) in [5, 5.41) is 2.56. The standard InChI is InChI=1S/C28H32FN3O6S/c1-5-24(28(34)30-2)31(18-20-11-13-21(29)14-12-20)27(33)19-32(22-9-7-6-8-10-22)39(35,36)23-15-16-25(37-3)26(17-23)38-4/h6-17,24H,5,18-19H2,1-4H3,(H,30,34)/t24-/m1/s1. The first-order valence-electron chi connectivity index (χ1n) is 12.2. The Morgan fingerprint density at radius 3 is 2.15 bits per heavy atom. The van der Waals surface area contributed by atoms with Gasteiger partial charge in [-0.2, -0.15) is 0 Å². The van der Waals surface area contributed by atoms with Crippen LogP contribution in [-0.4, -0.2) is 59.0 Å². The highest BCUT2D eigenvalue weighted by Gasteiger charge is 2.33. The van der Waals surface area contributed by atoms with E-state index >= 15 is 0 Å². The van der Waals surface area contributed by atoms with Gasteiger partial charge in [0.05, 0.1) is 24.8 Å². The first-order chi connectivity index (χ1) is 18.7. The van der Waals surface area contributed by atoms with E-state index in [0.29, 0.717) is 11.3 Å². The number of likely N-dealkylation sites (N-methyl/N-ethyl adjacent to an activating group) is 1. The highest BCUT2D eigenvalue weighted by molar-refractivity contribution is 7.92. The molecule has 0 heterocycles. The van der Waals surface area contributed by atoms with E-state index < -0.39 is 40.2 Å². The lowest BCUT2D eigenvalue weighted by atomic mass is 10.1. The van der Waals surface area contributed by atoms with Gasteiger partial charge >= 0.3 is 0 Å². The summed E-state index contributed by atoms with van der Waals surface area (Å²) >= 11 is 0. The summed E-state index contributed by atoms with van der Waals surface area (Å²) in [6.45, 7) is 1.14. The van der Waals surface area contributed by atoms with Crippen molar-refractivity contribution >= 4 is 27.5 Å². The van der Waals surface area contributed by atoms with E-state index in [2.05, 4.69) is 5.32 Å². The van der Waals surface area contributed by atoms with Gasteiger partial charge in [0.1, 0.15) is 18.4 Å². The number of halogens is 1. The third-order valence-electron chi connectivity index (χ3n) is 6.16. The number of carbonyl (C=O) groups excluding carboxylic acids is 2. The Morgan fingerprint density at radius 2 is 1.59 bits per heavy atom. The number of benzene rings is 3. The number of ether oxygens (including phenoxy) is 2. The quantitative estimate of drug-likeness (QED) is 0.365. The van der Waals surface area contributed by atoms with Crippen molar-refractivity contribution in [1.82, 2.24) is 10.2 Å². The molecule has 3 aromatic rings. The van der Waals surface area contributed by atoms with Gasteiger partial charge in [0.25, 0.3) is 10.0 Å². The number of hydrogen-bond acceptors (Lipinski definition) is 6. The molecule has 0 bridgehead atoms. The number of anilines is 1. The number of carbonyl (C=O) groups is 2. The van der Waals surface area contributed by atoms with Crippen LogP contribution < -0.4 is 19.1 Å². The Morgan fingerprint density at radius 1 is 0.949 bits per heavy atom. The SMILES string of the molecule is CC[C@H](C(=O)NC)N(Cc1ccc(F)cc1)C(=O)CN(c1ccccc1)S(=O)(=O)c1ccc(OC)c(OC)c1. The summed E-state index contributed by atoms with van der Waals surface area (Å²) in [6.07, 6.45) is 0.278. The lowest BCUT2D eigenvalue weighted by molar-refractivity contribution is -0.140. The molecule has 1 N–H and O–H groups in total. The maximum atomic E-state index is 13.9. The Bertz CT molecular complexity index is 1380. The van der Waals surface area contributed by atoms with Crippen LogP contribution >= 0.6 is 0 Å². The van der Waals surface area contributed by atoms with Crippen molar-refractivity contribution in [2.24, 2.45) is 0 Å². The number of amides is 2. The third-order valence-corrected chi connectivity index (χ3v) is 7.93. The fourth-order valence-corrected chi connectivity index (χ4v) is 5.53. The fraction of sp³-hybridized carbons (Fsp3) is 0.286. The summed E-state index contributed by atoms with van der Waals surface area (Å²) < 4.78 is 52.9. The van der Waals surface area contributed by atoms with E-state index in [1.807, 2.05) is 0 Å². The summed E-state index contributed by atoms with van der Waals surface area (Å²) in [7, 11) is 0.0152. The van der Waals surface area contributed by atoms with Crippen LogP contribution in [-0.2, 0) is 26.2 Å². The molecule has 0 aromatic heterocycles. The molecule has 0 saturated heterocycles. The first kappa shape index (κ1) is 29.4. The number of nitrogens with one attached hydrogen (secondary N) is 1. The average molecular weight is 558 g/mol. The third kappa shape index (κ3) is 6.85. The van der Waals surface area contributed by atoms with Gasteiger partial charge in [-0.15, -0.1) is 0 Å². The van der Waals surface area contributed by atoms with E-state index in [4.69, 9.17) is 9.47 Å². The summed E-state index contributed by atoms with van der Waals surface area (Å²) in [5.74, 6) is -0.891. The normalized spacial score (nSPS) is 11.8. The van der Waals surface area contributed by atoms with Crippen molar-refractivity contribution in [1.29, 1.82) is 0 Å². The van der Waals surface area contributed by atoms with E-state index in [1.54, 1.807) is 37.3 Å². The molecule has 0 saturated carbocycles. The second kappa shape index (κ2) is 13.1. The zero-order chi connectivity index (χ0) is 28.6. The predicted octanol–water partition coefficient (Wildman–Crippen LogP) is 3.59. The molecule has 0 fully saturated rings. The first-order valence-corrected chi connectivity index (χ1v) is 13.7. The molecule has 2 amide bonds. The summed E-state index contributed by atoms with van der Waals surface area (Å²) in [6, 6.07) is 17.0. The van der Waals surface area contributed by atoms with Crippen LogP contribution in [0, 0.1) is 5.82 Å². The molecule has 0 aliphatic heterocycles. The zero-order valence-corrected chi connectivity index (χ0v) is 23.1. The minimum atomic E-state index is -4.28. The van der Waals surface area contributed by atoms with Gasteiger partial charge < -0.3 is 19.7 Å². The van der Waals surface area contributed by atoms with Crippen LogP contribution in [0.3, 0.4) is 0 Å².